The highest BCUT2D eigenvalue weighted by Crippen LogP contribution is 2.28. The molecule has 2 aliphatic heterocycles. The summed E-state index contributed by atoms with van der Waals surface area (Å²) in [6.07, 6.45) is 2.29. The van der Waals surface area contributed by atoms with E-state index < -0.39 is 0 Å². The molecule has 2 unspecified atom stereocenters. The van der Waals surface area contributed by atoms with Crippen LogP contribution in [0, 0.1) is 0 Å². The summed E-state index contributed by atoms with van der Waals surface area (Å²) in [6.45, 7) is 4.91. The Bertz CT molecular complexity index is 221. The summed E-state index contributed by atoms with van der Waals surface area (Å²) < 4.78 is 0. The van der Waals surface area contributed by atoms with Gasteiger partial charge >= 0.3 is 0 Å². The van der Waals surface area contributed by atoms with Gasteiger partial charge in [-0.3, -0.25) is 4.79 Å². The zero-order valence-corrected chi connectivity index (χ0v) is 10.7. The molecule has 2 aliphatic rings. The van der Waals surface area contributed by atoms with Crippen LogP contribution in [0.2, 0.25) is 0 Å². The van der Waals surface area contributed by atoms with E-state index in [0.29, 0.717) is 11.9 Å². The van der Waals surface area contributed by atoms with E-state index in [4.69, 9.17) is 0 Å². The number of halogens is 1. The largest absolute Gasteiger partial charge is 0.336 e. The highest BCUT2D eigenvalue weighted by Gasteiger charge is 2.31. The van der Waals surface area contributed by atoms with Crippen LogP contribution in [0.5, 0.6) is 0 Å². The molecule has 0 spiro atoms. The van der Waals surface area contributed by atoms with Gasteiger partial charge < -0.3 is 10.2 Å². The Morgan fingerprint density at radius 3 is 2.93 bits per heavy atom. The summed E-state index contributed by atoms with van der Waals surface area (Å²) in [6, 6.07) is 0.373. The van der Waals surface area contributed by atoms with E-state index in [1.54, 1.807) is 0 Å². The first-order chi connectivity index (χ1) is 6.79. The third kappa shape index (κ3) is 3.02. The molecule has 0 saturated carbocycles. The van der Waals surface area contributed by atoms with Gasteiger partial charge in [0.2, 0.25) is 5.91 Å². The molecule has 0 bridgehead atoms. The Labute approximate surface area is 102 Å². The van der Waals surface area contributed by atoms with Crippen molar-refractivity contribution in [3.8, 4) is 0 Å². The lowest BCUT2D eigenvalue weighted by Gasteiger charge is -2.35. The predicted octanol–water partition coefficient (Wildman–Crippen LogP) is 1.12. The lowest BCUT2D eigenvalue weighted by molar-refractivity contribution is -0.133. The number of thioether (sulfide) groups is 1. The summed E-state index contributed by atoms with van der Waals surface area (Å²) in [7, 11) is 0. The Morgan fingerprint density at radius 2 is 2.33 bits per heavy atom. The molecule has 2 saturated heterocycles. The number of hydrogen-bond donors (Lipinski definition) is 1. The Balaban J connectivity index is 0.00000112. The molecule has 15 heavy (non-hydrogen) atoms. The molecule has 0 aromatic heterocycles. The molecular formula is C10H19ClN2OS. The van der Waals surface area contributed by atoms with Gasteiger partial charge in [-0.2, -0.15) is 0 Å². The number of amides is 1. The molecule has 0 aromatic carbocycles. The number of nitrogens with zero attached hydrogens (tertiary/aromatic N) is 1. The number of carbonyl (C=O) groups is 1. The maximum absolute atomic E-state index is 12.1. The molecule has 2 atom stereocenters. The molecule has 2 fully saturated rings. The fraction of sp³-hybridized carbons (Fsp3) is 0.900. The van der Waals surface area contributed by atoms with Gasteiger partial charge in [-0.15, -0.1) is 24.2 Å². The third-order valence-corrected chi connectivity index (χ3v) is 4.35. The van der Waals surface area contributed by atoms with E-state index in [-0.39, 0.29) is 17.7 Å². The minimum absolute atomic E-state index is 0. The summed E-state index contributed by atoms with van der Waals surface area (Å²) in [4.78, 5) is 14.1. The topological polar surface area (TPSA) is 32.3 Å². The first-order valence-electron chi connectivity index (χ1n) is 5.42. The average Bonchev–Trinajstić information content (AvgIpc) is 2.70. The van der Waals surface area contributed by atoms with Crippen LogP contribution < -0.4 is 5.32 Å². The maximum atomic E-state index is 12.1. The Kier molecular flexibility index (Phi) is 5.23. The van der Waals surface area contributed by atoms with E-state index >= 15 is 0 Å². The fourth-order valence-corrected chi connectivity index (χ4v) is 3.35. The molecule has 0 aliphatic carbocycles. The summed E-state index contributed by atoms with van der Waals surface area (Å²) in [5.41, 5.74) is 0. The molecule has 0 radical (unpaired) electrons. The predicted molar refractivity (Wildman–Crippen MR) is 66.8 cm³/mol. The van der Waals surface area contributed by atoms with Crippen LogP contribution >= 0.6 is 24.2 Å². The molecule has 0 aromatic rings. The number of rotatable bonds is 1. The van der Waals surface area contributed by atoms with E-state index in [9.17, 15) is 4.79 Å². The first kappa shape index (κ1) is 13.1. The van der Waals surface area contributed by atoms with Crippen LogP contribution in [0.4, 0.5) is 0 Å². The third-order valence-electron chi connectivity index (χ3n) is 2.99. The molecule has 2 rings (SSSR count). The van der Waals surface area contributed by atoms with Gasteiger partial charge in [-0.05, 0) is 25.5 Å². The lowest BCUT2D eigenvalue weighted by atomic mass is 10.1. The molecule has 88 valence electrons. The monoisotopic (exact) mass is 250 g/mol. The van der Waals surface area contributed by atoms with Crippen molar-refractivity contribution in [3.63, 3.8) is 0 Å². The summed E-state index contributed by atoms with van der Waals surface area (Å²) in [5, 5.41) is 3.57. The number of carbonyl (C=O) groups excluding carboxylic acids is 1. The SMILES string of the molecule is CC1CNCCN1C(=O)C1CCCS1.Cl. The fourth-order valence-electron chi connectivity index (χ4n) is 2.13. The van der Waals surface area contributed by atoms with Crippen molar-refractivity contribution in [2.45, 2.75) is 31.1 Å². The lowest BCUT2D eigenvalue weighted by Crippen LogP contribution is -2.54. The molecule has 1 N–H and O–H groups in total. The standard InChI is InChI=1S/C10H18N2OS.ClH/c1-8-7-11-4-5-12(8)10(13)9-3-2-6-14-9;/h8-9,11H,2-7H2,1H3;1H. The molecule has 3 nitrogen and oxygen atoms in total. The number of hydrogen-bond acceptors (Lipinski definition) is 3. The summed E-state index contributed by atoms with van der Waals surface area (Å²) in [5.74, 6) is 1.54. The normalized spacial score (nSPS) is 31.1. The van der Waals surface area contributed by atoms with Crippen molar-refractivity contribution in [1.82, 2.24) is 10.2 Å². The van der Waals surface area contributed by atoms with Crippen molar-refractivity contribution >= 4 is 30.1 Å². The van der Waals surface area contributed by atoms with Crippen LogP contribution in [0.1, 0.15) is 19.8 Å². The van der Waals surface area contributed by atoms with Gasteiger partial charge in [0.05, 0.1) is 5.25 Å². The molecular weight excluding hydrogens is 232 g/mol. The van der Waals surface area contributed by atoms with E-state index in [1.165, 1.54) is 6.42 Å². The van der Waals surface area contributed by atoms with Gasteiger partial charge in [-0.25, -0.2) is 0 Å². The highest BCUT2D eigenvalue weighted by atomic mass is 35.5. The second kappa shape index (κ2) is 5.97. The highest BCUT2D eigenvalue weighted by molar-refractivity contribution is 8.00. The zero-order valence-electron chi connectivity index (χ0n) is 9.07. The molecule has 2 heterocycles. The Hall–Kier alpha value is 0.0700. The second-order valence-corrected chi connectivity index (χ2v) is 5.40. The minimum atomic E-state index is 0. The molecule has 5 heteroatoms. The van der Waals surface area contributed by atoms with Gasteiger partial charge in [-0.1, -0.05) is 0 Å². The van der Waals surface area contributed by atoms with E-state index in [0.717, 1.165) is 31.8 Å². The Morgan fingerprint density at radius 1 is 1.53 bits per heavy atom. The quantitative estimate of drug-likeness (QED) is 0.757. The zero-order chi connectivity index (χ0) is 9.97. The van der Waals surface area contributed by atoms with Crippen molar-refractivity contribution in [2.75, 3.05) is 25.4 Å². The van der Waals surface area contributed by atoms with Gasteiger partial charge in [0.15, 0.2) is 0 Å². The van der Waals surface area contributed by atoms with Crippen molar-refractivity contribution in [3.05, 3.63) is 0 Å². The van der Waals surface area contributed by atoms with Crippen molar-refractivity contribution in [2.24, 2.45) is 0 Å². The smallest absolute Gasteiger partial charge is 0.236 e. The van der Waals surface area contributed by atoms with Crippen LogP contribution in [0.15, 0.2) is 0 Å². The number of nitrogens with one attached hydrogen (secondary N) is 1. The van der Waals surface area contributed by atoms with E-state index in [2.05, 4.69) is 17.1 Å². The van der Waals surface area contributed by atoms with Crippen LogP contribution in [-0.2, 0) is 4.79 Å². The van der Waals surface area contributed by atoms with Gasteiger partial charge in [0, 0.05) is 25.7 Å². The van der Waals surface area contributed by atoms with Crippen molar-refractivity contribution in [1.29, 1.82) is 0 Å². The van der Waals surface area contributed by atoms with Gasteiger partial charge in [0.25, 0.3) is 0 Å². The van der Waals surface area contributed by atoms with Crippen LogP contribution in [-0.4, -0.2) is 47.5 Å². The number of piperazine rings is 1. The van der Waals surface area contributed by atoms with Crippen LogP contribution in [0.3, 0.4) is 0 Å². The van der Waals surface area contributed by atoms with Crippen LogP contribution in [0.25, 0.3) is 0 Å². The van der Waals surface area contributed by atoms with E-state index in [1.807, 2.05) is 11.8 Å². The molecule has 1 amide bonds. The minimum Gasteiger partial charge on any atom is -0.336 e. The average molecular weight is 251 g/mol. The maximum Gasteiger partial charge on any atom is 0.236 e. The second-order valence-electron chi connectivity index (χ2n) is 4.09. The summed E-state index contributed by atoms with van der Waals surface area (Å²) >= 11 is 1.83. The van der Waals surface area contributed by atoms with Crippen molar-refractivity contribution < 1.29 is 4.79 Å². The first-order valence-corrected chi connectivity index (χ1v) is 6.46. The van der Waals surface area contributed by atoms with Gasteiger partial charge in [0.1, 0.15) is 0 Å².